The standard InChI is InChI=1S/C13H19N7O/c1-9(10-6-15-16-7-10)17-13(21)12-8-20(19-18-12)11-2-4-14-5-3-11/h6-9,11,14H,2-5H2,1H3,(H,15,16)(H,17,21). The van der Waals surface area contributed by atoms with E-state index in [0.717, 1.165) is 31.5 Å². The molecule has 1 aliphatic heterocycles. The van der Waals surface area contributed by atoms with Gasteiger partial charge in [0.2, 0.25) is 0 Å². The number of amides is 1. The number of nitrogens with one attached hydrogen (secondary N) is 3. The van der Waals surface area contributed by atoms with Crippen molar-refractivity contribution in [1.29, 1.82) is 0 Å². The van der Waals surface area contributed by atoms with Crippen molar-refractivity contribution in [3.8, 4) is 0 Å². The van der Waals surface area contributed by atoms with E-state index in [2.05, 4.69) is 31.1 Å². The molecule has 0 aliphatic carbocycles. The predicted octanol–water partition coefficient (Wildman–Crippen LogP) is 0.417. The van der Waals surface area contributed by atoms with Crippen molar-refractivity contribution in [1.82, 2.24) is 35.8 Å². The molecular formula is C13H19N7O. The number of carbonyl (C=O) groups excluding carboxylic acids is 1. The quantitative estimate of drug-likeness (QED) is 0.757. The second kappa shape index (κ2) is 6.04. The number of aromatic nitrogens is 5. The van der Waals surface area contributed by atoms with Crippen LogP contribution in [0, 0.1) is 0 Å². The fourth-order valence-electron chi connectivity index (χ4n) is 2.48. The lowest BCUT2D eigenvalue weighted by Gasteiger charge is -2.22. The highest BCUT2D eigenvalue weighted by molar-refractivity contribution is 5.92. The lowest BCUT2D eigenvalue weighted by Crippen LogP contribution is -2.29. The zero-order chi connectivity index (χ0) is 14.7. The predicted molar refractivity (Wildman–Crippen MR) is 75.6 cm³/mol. The fourth-order valence-corrected chi connectivity index (χ4v) is 2.48. The van der Waals surface area contributed by atoms with Gasteiger partial charge in [-0.05, 0) is 32.9 Å². The average Bonchev–Trinajstić information content (AvgIpc) is 3.20. The highest BCUT2D eigenvalue weighted by atomic mass is 16.2. The summed E-state index contributed by atoms with van der Waals surface area (Å²) in [5, 5.41) is 20.9. The Balaban J connectivity index is 1.63. The van der Waals surface area contributed by atoms with Crippen LogP contribution in [-0.2, 0) is 0 Å². The van der Waals surface area contributed by atoms with Gasteiger partial charge in [-0.3, -0.25) is 9.89 Å². The third-order valence-electron chi connectivity index (χ3n) is 3.79. The molecular weight excluding hydrogens is 270 g/mol. The molecule has 0 saturated carbocycles. The summed E-state index contributed by atoms with van der Waals surface area (Å²) in [4.78, 5) is 12.2. The Labute approximate surface area is 122 Å². The second-order valence-corrected chi connectivity index (χ2v) is 5.29. The number of H-pyrrole nitrogens is 1. The average molecular weight is 289 g/mol. The number of hydrogen-bond acceptors (Lipinski definition) is 5. The SMILES string of the molecule is CC(NC(=O)c1cn(C2CCNCC2)nn1)c1cn[nH]c1. The maximum Gasteiger partial charge on any atom is 0.273 e. The lowest BCUT2D eigenvalue weighted by molar-refractivity contribution is 0.0934. The van der Waals surface area contributed by atoms with Gasteiger partial charge in [-0.1, -0.05) is 5.21 Å². The van der Waals surface area contributed by atoms with E-state index >= 15 is 0 Å². The van der Waals surface area contributed by atoms with Gasteiger partial charge in [-0.25, -0.2) is 4.68 Å². The number of nitrogens with zero attached hydrogens (tertiary/aromatic N) is 4. The highest BCUT2D eigenvalue weighted by Gasteiger charge is 2.19. The molecule has 112 valence electrons. The molecule has 1 aliphatic rings. The number of carbonyl (C=O) groups is 1. The monoisotopic (exact) mass is 289 g/mol. The van der Waals surface area contributed by atoms with Gasteiger partial charge in [-0.15, -0.1) is 5.10 Å². The first kappa shape index (κ1) is 13.7. The van der Waals surface area contributed by atoms with Crippen LogP contribution in [0.3, 0.4) is 0 Å². The Morgan fingerprint density at radius 2 is 2.29 bits per heavy atom. The lowest BCUT2D eigenvalue weighted by atomic mass is 10.1. The minimum Gasteiger partial charge on any atom is -0.344 e. The summed E-state index contributed by atoms with van der Waals surface area (Å²) < 4.78 is 1.80. The van der Waals surface area contributed by atoms with E-state index in [9.17, 15) is 4.79 Å². The Kier molecular flexibility index (Phi) is 3.96. The van der Waals surface area contributed by atoms with Crippen LogP contribution in [0.15, 0.2) is 18.6 Å². The van der Waals surface area contributed by atoms with Gasteiger partial charge in [0.05, 0.1) is 24.5 Å². The Morgan fingerprint density at radius 1 is 1.48 bits per heavy atom. The third-order valence-corrected chi connectivity index (χ3v) is 3.79. The van der Waals surface area contributed by atoms with E-state index in [1.54, 1.807) is 23.3 Å². The zero-order valence-electron chi connectivity index (χ0n) is 11.9. The molecule has 0 radical (unpaired) electrons. The van der Waals surface area contributed by atoms with Crippen LogP contribution >= 0.6 is 0 Å². The van der Waals surface area contributed by atoms with E-state index in [-0.39, 0.29) is 11.9 Å². The van der Waals surface area contributed by atoms with Crippen molar-refractivity contribution < 1.29 is 4.79 Å². The molecule has 3 heterocycles. The van der Waals surface area contributed by atoms with E-state index in [1.165, 1.54) is 0 Å². The summed E-state index contributed by atoms with van der Waals surface area (Å²) in [6, 6.07) is 0.201. The number of rotatable bonds is 4. The summed E-state index contributed by atoms with van der Waals surface area (Å²) in [6.45, 7) is 3.85. The molecule has 1 fully saturated rings. The van der Waals surface area contributed by atoms with Crippen LogP contribution in [0.1, 0.15) is 47.9 Å². The summed E-state index contributed by atoms with van der Waals surface area (Å²) in [5.41, 5.74) is 1.28. The van der Waals surface area contributed by atoms with Gasteiger partial charge >= 0.3 is 0 Å². The fraction of sp³-hybridized carbons (Fsp3) is 0.538. The Bertz CT molecular complexity index is 585. The van der Waals surface area contributed by atoms with Gasteiger partial charge < -0.3 is 10.6 Å². The number of piperidine rings is 1. The zero-order valence-corrected chi connectivity index (χ0v) is 11.9. The smallest absolute Gasteiger partial charge is 0.273 e. The minimum atomic E-state index is -0.219. The molecule has 1 saturated heterocycles. The normalized spacial score (nSPS) is 17.6. The maximum atomic E-state index is 12.2. The van der Waals surface area contributed by atoms with Crippen LogP contribution in [0.4, 0.5) is 0 Å². The molecule has 3 N–H and O–H groups in total. The summed E-state index contributed by atoms with van der Waals surface area (Å²) in [7, 11) is 0. The van der Waals surface area contributed by atoms with Crippen LogP contribution < -0.4 is 10.6 Å². The van der Waals surface area contributed by atoms with E-state index in [0.29, 0.717) is 11.7 Å². The maximum absolute atomic E-state index is 12.2. The van der Waals surface area contributed by atoms with Crippen molar-refractivity contribution in [2.45, 2.75) is 31.8 Å². The second-order valence-electron chi connectivity index (χ2n) is 5.29. The Hall–Kier alpha value is -2.22. The first-order valence-corrected chi connectivity index (χ1v) is 7.16. The van der Waals surface area contributed by atoms with Crippen molar-refractivity contribution in [2.75, 3.05) is 13.1 Å². The van der Waals surface area contributed by atoms with E-state index in [1.807, 2.05) is 6.92 Å². The number of hydrogen-bond donors (Lipinski definition) is 3. The van der Waals surface area contributed by atoms with Crippen LogP contribution in [0.2, 0.25) is 0 Å². The summed E-state index contributed by atoms with van der Waals surface area (Å²) in [5.74, 6) is -0.219. The molecule has 3 rings (SSSR count). The van der Waals surface area contributed by atoms with Crippen molar-refractivity contribution in [3.05, 3.63) is 29.8 Å². The van der Waals surface area contributed by atoms with E-state index < -0.39 is 0 Å². The van der Waals surface area contributed by atoms with Crippen molar-refractivity contribution in [3.63, 3.8) is 0 Å². The van der Waals surface area contributed by atoms with Gasteiger partial charge in [-0.2, -0.15) is 5.10 Å². The molecule has 8 nitrogen and oxygen atoms in total. The van der Waals surface area contributed by atoms with Crippen molar-refractivity contribution >= 4 is 5.91 Å². The summed E-state index contributed by atoms with van der Waals surface area (Å²) in [6.07, 6.45) is 7.20. The van der Waals surface area contributed by atoms with E-state index in [4.69, 9.17) is 0 Å². The first-order valence-electron chi connectivity index (χ1n) is 7.16. The first-order chi connectivity index (χ1) is 10.2. The molecule has 0 bridgehead atoms. The molecule has 2 aromatic heterocycles. The minimum absolute atomic E-state index is 0.125. The highest BCUT2D eigenvalue weighted by Crippen LogP contribution is 2.17. The molecule has 8 heteroatoms. The van der Waals surface area contributed by atoms with Gasteiger partial charge in [0.15, 0.2) is 5.69 Å². The molecule has 1 atom stereocenters. The van der Waals surface area contributed by atoms with Crippen LogP contribution in [-0.4, -0.2) is 44.2 Å². The molecule has 2 aromatic rings. The summed E-state index contributed by atoms with van der Waals surface area (Å²) >= 11 is 0. The molecule has 0 aromatic carbocycles. The topological polar surface area (TPSA) is 101 Å². The molecule has 1 unspecified atom stereocenters. The largest absolute Gasteiger partial charge is 0.344 e. The third kappa shape index (κ3) is 3.10. The van der Waals surface area contributed by atoms with Gasteiger partial charge in [0.1, 0.15) is 0 Å². The van der Waals surface area contributed by atoms with Crippen molar-refractivity contribution in [2.24, 2.45) is 0 Å². The van der Waals surface area contributed by atoms with Gasteiger partial charge in [0.25, 0.3) is 5.91 Å². The Morgan fingerprint density at radius 3 is 3.00 bits per heavy atom. The van der Waals surface area contributed by atoms with Crippen LogP contribution in [0.5, 0.6) is 0 Å². The molecule has 0 spiro atoms. The molecule has 1 amide bonds. The number of aromatic amines is 1. The van der Waals surface area contributed by atoms with Crippen LogP contribution in [0.25, 0.3) is 0 Å². The van der Waals surface area contributed by atoms with Gasteiger partial charge in [0, 0.05) is 11.8 Å². The molecule has 21 heavy (non-hydrogen) atoms.